The van der Waals surface area contributed by atoms with Gasteiger partial charge in [0.15, 0.2) is 11.5 Å². The van der Waals surface area contributed by atoms with E-state index in [1.54, 1.807) is 21.8 Å². The van der Waals surface area contributed by atoms with E-state index in [9.17, 15) is 4.79 Å². The summed E-state index contributed by atoms with van der Waals surface area (Å²) in [7, 11) is 1.87. The zero-order chi connectivity index (χ0) is 23.9. The van der Waals surface area contributed by atoms with Crippen molar-refractivity contribution in [1.82, 2.24) is 34.3 Å². The molecule has 35 heavy (non-hydrogen) atoms. The second-order valence-electron chi connectivity index (χ2n) is 8.41. The Morgan fingerprint density at radius 2 is 1.89 bits per heavy atom. The molecule has 6 rings (SSSR count). The Kier molecular flexibility index (Phi) is 4.88. The van der Waals surface area contributed by atoms with Crippen molar-refractivity contribution < 1.29 is 0 Å². The molecule has 0 amide bonds. The normalized spacial score (nSPS) is 12.3. The fourth-order valence-corrected chi connectivity index (χ4v) is 4.49. The van der Waals surface area contributed by atoms with E-state index in [2.05, 4.69) is 36.4 Å². The monoisotopic (exact) mass is 462 g/mol. The van der Waals surface area contributed by atoms with Gasteiger partial charge in [0, 0.05) is 30.2 Å². The number of anilines is 1. The molecule has 0 aliphatic rings. The lowest BCUT2D eigenvalue weighted by atomic mass is 9.99. The largest absolute Gasteiger partial charge is 0.360 e. The predicted octanol–water partition coefficient (Wildman–Crippen LogP) is 4.23. The number of H-pyrrole nitrogens is 1. The maximum absolute atomic E-state index is 14.1. The lowest BCUT2D eigenvalue weighted by molar-refractivity contribution is 0.768. The molecule has 0 saturated heterocycles. The second-order valence-corrected chi connectivity index (χ2v) is 8.41. The lowest BCUT2D eigenvalue weighted by Gasteiger charge is -2.22. The number of hydrogen-bond acceptors (Lipinski definition) is 6. The molecule has 2 aromatic carbocycles. The predicted molar refractivity (Wildman–Crippen MR) is 135 cm³/mol. The van der Waals surface area contributed by atoms with Crippen molar-refractivity contribution in [3.05, 3.63) is 95.7 Å². The number of aryl methyl sites for hydroxylation is 1. The van der Waals surface area contributed by atoms with Crippen molar-refractivity contribution in [1.29, 1.82) is 0 Å². The zero-order valence-electron chi connectivity index (χ0n) is 19.2. The van der Waals surface area contributed by atoms with Crippen LogP contribution in [-0.2, 0) is 7.05 Å². The summed E-state index contributed by atoms with van der Waals surface area (Å²) in [5.41, 5.74) is 4.55. The fraction of sp³-hybridized carbons (Fsp3) is 0.115. The average molecular weight is 463 g/mol. The molecule has 0 spiro atoms. The van der Waals surface area contributed by atoms with Crippen LogP contribution in [0.5, 0.6) is 0 Å². The number of para-hydroxylation sites is 1. The van der Waals surface area contributed by atoms with Crippen molar-refractivity contribution in [3.63, 3.8) is 0 Å². The summed E-state index contributed by atoms with van der Waals surface area (Å²) in [6.07, 6.45) is 6.78. The Hall–Kier alpha value is -4.79. The summed E-state index contributed by atoms with van der Waals surface area (Å²) in [5, 5.41) is 9.24. The molecule has 172 valence electrons. The molecule has 0 radical (unpaired) electrons. The third kappa shape index (κ3) is 3.54. The third-order valence-corrected chi connectivity index (χ3v) is 6.12. The van der Waals surface area contributed by atoms with E-state index in [0.29, 0.717) is 22.4 Å². The first-order valence-corrected chi connectivity index (χ1v) is 11.2. The van der Waals surface area contributed by atoms with Crippen LogP contribution in [0.2, 0.25) is 0 Å². The average Bonchev–Trinajstić information content (AvgIpc) is 3.53. The van der Waals surface area contributed by atoms with Crippen LogP contribution in [0, 0.1) is 0 Å². The molecule has 0 bridgehead atoms. The topological polar surface area (TPSA) is 106 Å². The summed E-state index contributed by atoms with van der Waals surface area (Å²) < 4.78 is 3.50. The SMILES string of the molecule is C[C@@H](Nc1ncnc2[nH]cnc12)c1cc2cccc(-c3cnn(C)c3)c2c(=O)n1-c1ccccc1. The number of rotatable bonds is 5. The van der Waals surface area contributed by atoms with Gasteiger partial charge < -0.3 is 10.3 Å². The molecule has 4 aromatic heterocycles. The van der Waals surface area contributed by atoms with E-state index in [4.69, 9.17) is 0 Å². The quantitative estimate of drug-likeness (QED) is 0.397. The summed E-state index contributed by atoms with van der Waals surface area (Å²) in [6, 6.07) is 17.4. The van der Waals surface area contributed by atoms with Gasteiger partial charge in [0.05, 0.1) is 24.0 Å². The van der Waals surface area contributed by atoms with Gasteiger partial charge in [-0.3, -0.25) is 14.0 Å². The van der Waals surface area contributed by atoms with Crippen molar-refractivity contribution in [2.75, 3.05) is 5.32 Å². The Labute approximate surface area is 200 Å². The highest BCUT2D eigenvalue weighted by Crippen LogP contribution is 2.30. The highest BCUT2D eigenvalue weighted by molar-refractivity contribution is 5.96. The van der Waals surface area contributed by atoms with Crippen molar-refractivity contribution in [2.45, 2.75) is 13.0 Å². The van der Waals surface area contributed by atoms with Crippen molar-refractivity contribution in [3.8, 4) is 16.8 Å². The van der Waals surface area contributed by atoms with Crippen molar-refractivity contribution >= 4 is 27.8 Å². The number of hydrogen-bond donors (Lipinski definition) is 2. The Morgan fingerprint density at radius 1 is 1.03 bits per heavy atom. The fourth-order valence-electron chi connectivity index (χ4n) is 4.49. The molecule has 9 nitrogen and oxygen atoms in total. The highest BCUT2D eigenvalue weighted by Gasteiger charge is 2.20. The highest BCUT2D eigenvalue weighted by atomic mass is 16.1. The molecule has 1 atom stereocenters. The van der Waals surface area contributed by atoms with Crippen LogP contribution in [0.15, 0.2) is 84.4 Å². The van der Waals surface area contributed by atoms with Crippen LogP contribution in [0.1, 0.15) is 18.7 Å². The number of benzene rings is 2. The van der Waals surface area contributed by atoms with Gasteiger partial charge in [0.25, 0.3) is 5.56 Å². The van der Waals surface area contributed by atoms with Crippen molar-refractivity contribution in [2.24, 2.45) is 7.05 Å². The van der Waals surface area contributed by atoms with Gasteiger partial charge in [-0.05, 0) is 36.1 Å². The Balaban J connectivity index is 1.57. The standard InChI is InChI=1S/C26H22N8O/c1-16(32-25-23-24(28-14-27-23)29-15-30-25)21-11-17-7-6-10-20(18-12-31-33(2)13-18)22(17)26(35)34(21)19-8-4-3-5-9-19/h3-16H,1-2H3,(H2,27,28,29,30,32)/t16-/m1/s1. The van der Waals surface area contributed by atoms with Gasteiger partial charge in [-0.2, -0.15) is 5.10 Å². The Morgan fingerprint density at radius 3 is 2.69 bits per heavy atom. The summed E-state index contributed by atoms with van der Waals surface area (Å²) in [5.74, 6) is 0.597. The molecule has 0 saturated carbocycles. The van der Waals surface area contributed by atoms with Crippen LogP contribution in [0.3, 0.4) is 0 Å². The van der Waals surface area contributed by atoms with Gasteiger partial charge in [0.2, 0.25) is 0 Å². The molecule has 4 heterocycles. The van der Waals surface area contributed by atoms with E-state index in [1.165, 1.54) is 6.33 Å². The van der Waals surface area contributed by atoms with Gasteiger partial charge in [-0.25, -0.2) is 15.0 Å². The summed E-state index contributed by atoms with van der Waals surface area (Å²) in [4.78, 5) is 30.1. The molecular weight excluding hydrogens is 440 g/mol. The number of nitrogens with zero attached hydrogens (tertiary/aromatic N) is 6. The lowest BCUT2D eigenvalue weighted by Crippen LogP contribution is -2.26. The smallest absolute Gasteiger partial charge is 0.263 e. The molecule has 9 heteroatoms. The van der Waals surface area contributed by atoms with Gasteiger partial charge in [0.1, 0.15) is 11.8 Å². The van der Waals surface area contributed by atoms with Gasteiger partial charge in [-0.15, -0.1) is 0 Å². The summed E-state index contributed by atoms with van der Waals surface area (Å²) in [6.45, 7) is 2.01. The van der Waals surface area contributed by atoms with Gasteiger partial charge >= 0.3 is 0 Å². The zero-order valence-corrected chi connectivity index (χ0v) is 19.2. The van der Waals surface area contributed by atoms with Crippen LogP contribution in [0.25, 0.3) is 38.8 Å². The number of imidazole rings is 1. The van der Waals surface area contributed by atoms with Gasteiger partial charge in [-0.1, -0.05) is 36.4 Å². The van der Waals surface area contributed by atoms with Crippen LogP contribution in [-0.4, -0.2) is 34.3 Å². The van der Waals surface area contributed by atoms with E-state index in [0.717, 1.165) is 27.9 Å². The van der Waals surface area contributed by atoms with Crippen LogP contribution in [0.4, 0.5) is 5.82 Å². The maximum Gasteiger partial charge on any atom is 0.263 e. The summed E-state index contributed by atoms with van der Waals surface area (Å²) >= 11 is 0. The molecule has 0 fully saturated rings. The maximum atomic E-state index is 14.1. The first-order valence-electron chi connectivity index (χ1n) is 11.2. The molecule has 0 unspecified atom stereocenters. The van der Waals surface area contributed by atoms with E-state index in [-0.39, 0.29) is 11.6 Å². The first-order chi connectivity index (χ1) is 17.1. The second kappa shape index (κ2) is 8.21. The Bertz CT molecular complexity index is 1730. The number of pyridine rings is 1. The van der Waals surface area contributed by atoms with E-state index < -0.39 is 0 Å². The van der Waals surface area contributed by atoms with E-state index >= 15 is 0 Å². The minimum absolute atomic E-state index is 0.0931. The number of nitrogens with one attached hydrogen (secondary N) is 2. The number of aromatic amines is 1. The third-order valence-electron chi connectivity index (χ3n) is 6.12. The number of fused-ring (bicyclic) bond motifs is 2. The molecule has 0 aliphatic heterocycles. The molecule has 2 N–H and O–H groups in total. The first kappa shape index (κ1) is 20.8. The van der Waals surface area contributed by atoms with E-state index in [1.807, 2.05) is 68.7 Å². The molecule has 6 aromatic rings. The molecule has 0 aliphatic carbocycles. The minimum atomic E-state index is -0.260. The molecular formula is C26H22N8O. The van der Waals surface area contributed by atoms with Crippen LogP contribution >= 0.6 is 0 Å². The number of aromatic nitrogens is 7. The van der Waals surface area contributed by atoms with Crippen LogP contribution < -0.4 is 10.9 Å². The minimum Gasteiger partial charge on any atom is -0.360 e.